The van der Waals surface area contributed by atoms with Crippen LogP contribution in [0.15, 0.2) is 30.3 Å². The van der Waals surface area contributed by atoms with Gasteiger partial charge in [0.2, 0.25) is 0 Å². The second kappa shape index (κ2) is 13.5. The predicted octanol–water partition coefficient (Wildman–Crippen LogP) is 4.64. The predicted molar refractivity (Wildman–Crippen MR) is 128 cm³/mol. The average Bonchev–Trinajstić information content (AvgIpc) is 2.79. The summed E-state index contributed by atoms with van der Waals surface area (Å²) in [6.45, 7) is 4.93. The third kappa shape index (κ3) is 8.02. The van der Waals surface area contributed by atoms with Crippen molar-refractivity contribution in [3.8, 4) is 17.2 Å². The van der Waals surface area contributed by atoms with Crippen molar-refractivity contribution in [2.45, 2.75) is 39.5 Å². The number of benzene rings is 2. The lowest BCUT2D eigenvalue weighted by molar-refractivity contribution is 0.0492. The Bertz CT molecular complexity index is 976. The van der Waals surface area contributed by atoms with Crippen LogP contribution in [0.2, 0.25) is 0 Å². The number of phenolic OH excluding ortho intramolecular Hbond substituents is 1. The minimum atomic E-state index is -0.640. The van der Waals surface area contributed by atoms with E-state index >= 15 is 0 Å². The molecule has 0 bridgehead atoms. The van der Waals surface area contributed by atoms with Crippen LogP contribution in [0.25, 0.3) is 0 Å². The number of hydrogen-bond acceptors (Lipinski definition) is 7. The van der Waals surface area contributed by atoms with E-state index in [1.165, 1.54) is 19.1 Å². The van der Waals surface area contributed by atoms with Gasteiger partial charge in [-0.05, 0) is 64.2 Å². The minimum absolute atomic E-state index is 0.0403. The van der Waals surface area contributed by atoms with Gasteiger partial charge in [-0.2, -0.15) is 0 Å². The fraction of sp³-hybridized carbons (Fsp3) is 0.462. The van der Waals surface area contributed by atoms with Gasteiger partial charge in [0.25, 0.3) is 0 Å². The highest BCUT2D eigenvalue weighted by Gasteiger charge is 2.16. The lowest BCUT2D eigenvalue weighted by atomic mass is 10.0. The number of phenols is 1. The Morgan fingerprint density at radius 2 is 1.68 bits per heavy atom. The molecule has 2 aromatic carbocycles. The molecule has 0 saturated carbocycles. The van der Waals surface area contributed by atoms with E-state index in [4.69, 9.17) is 14.2 Å². The molecular formula is C26H34FNO6. The smallest absolute Gasteiger partial charge is 0.338 e. The number of halogens is 1. The first kappa shape index (κ1) is 27.1. The van der Waals surface area contributed by atoms with Crippen LogP contribution in [0, 0.1) is 5.82 Å². The largest absolute Gasteiger partial charge is 0.507 e. The summed E-state index contributed by atoms with van der Waals surface area (Å²) in [6, 6.07) is 7.22. The summed E-state index contributed by atoms with van der Waals surface area (Å²) in [5.41, 5.74) is 1.01. The number of ketones is 1. The average molecular weight is 476 g/mol. The van der Waals surface area contributed by atoms with Crippen LogP contribution >= 0.6 is 0 Å². The Morgan fingerprint density at radius 1 is 1.00 bits per heavy atom. The first-order valence-electron chi connectivity index (χ1n) is 11.5. The molecule has 0 heterocycles. The maximum Gasteiger partial charge on any atom is 0.338 e. The molecule has 2 aromatic rings. The van der Waals surface area contributed by atoms with Gasteiger partial charge < -0.3 is 24.2 Å². The summed E-state index contributed by atoms with van der Waals surface area (Å²) in [4.78, 5) is 25.7. The molecule has 0 aliphatic carbocycles. The second-order valence-electron chi connectivity index (χ2n) is 8.23. The highest BCUT2D eigenvalue weighted by atomic mass is 19.1. The number of Topliss-reactive ketones (excluding diaryl/α,β-unsaturated/α-hetero) is 1. The third-order valence-corrected chi connectivity index (χ3v) is 5.07. The molecule has 2 rings (SSSR count). The van der Waals surface area contributed by atoms with Crippen molar-refractivity contribution in [1.29, 1.82) is 0 Å². The quantitative estimate of drug-likeness (QED) is 0.242. The Labute approximate surface area is 200 Å². The van der Waals surface area contributed by atoms with Gasteiger partial charge in [0.05, 0.1) is 30.9 Å². The summed E-state index contributed by atoms with van der Waals surface area (Å²) in [5, 5.41) is 10.4. The number of nitrogens with zero attached hydrogens (tertiary/aromatic N) is 1. The van der Waals surface area contributed by atoms with Gasteiger partial charge in [-0.3, -0.25) is 4.79 Å². The van der Waals surface area contributed by atoms with Gasteiger partial charge in [-0.25, -0.2) is 9.18 Å². The zero-order valence-electron chi connectivity index (χ0n) is 20.4. The number of esters is 1. The van der Waals surface area contributed by atoms with E-state index in [9.17, 15) is 19.1 Å². The Morgan fingerprint density at radius 3 is 2.29 bits per heavy atom. The van der Waals surface area contributed by atoms with Crippen molar-refractivity contribution in [2.75, 3.05) is 40.5 Å². The van der Waals surface area contributed by atoms with E-state index in [-0.39, 0.29) is 48.2 Å². The van der Waals surface area contributed by atoms with Crippen LogP contribution in [0.4, 0.5) is 4.39 Å². The van der Waals surface area contributed by atoms with E-state index in [1.807, 2.05) is 25.9 Å². The Kier molecular flexibility index (Phi) is 10.8. The first-order chi connectivity index (χ1) is 16.2. The first-order valence-corrected chi connectivity index (χ1v) is 11.5. The molecule has 0 aromatic heterocycles. The molecule has 0 spiro atoms. The number of hydrogen-bond donors (Lipinski definition) is 1. The van der Waals surface area contributed by atoms with Crippen LogP contribution in [-0.2, 0) is 11.2 Å². The van der Waals surface area contributed by atoms with Gasteiger partial charge >= 0.3 is 5.97 Å². The maximum atomic E-state index is 14.3. The number of rotatable bonds is 14. The Hall–Kier alpha value is -3.13. The molecule has 0 aliphatic rings. The van der Waals surface area contributed by atoms with Gasteiger partial charge in [0.15, 0.2) is 17.3 Å². The molecule has 0 atom stereocenters. The van der Waals surface area contributed by atoms with E-state index in [0.29, 0.717) is 30.6 Å². The standard InChI is InChI=1S/C26H34FNO6/c1-5-8-21-23(12-10-20(18(2)29)25(21)30)32-15-7-16-33-24-11-9-19(17-22(24)27)26(31)34-14-6-13-28(3)4/h9-12,17,30H,5-8,13-16H2,1-4H3. The molecule has 0 unspecified atom stereocenters. The molecule has 34 heavy (non-hydrogen) atoms. The summed E-state index contributed by atoms with van der Waals surface area (Å²) in [5.74, 6) is -0.900. The highest BCUT2D eigenvalue weighted by Crippen LogP contribution is 2.33. The molecule has 7 nitrogen and oxygen atoms in total. The maximum absolute atomic E-state index is 14.3. The monoisotopic (exact) mass is 475 g/mol. The lowest BCUT2D eigenvalue weighted by Crippen LogP contribution is -2.16. The van der Waals surface area contributed by atoms with E-state index < -0.39 is 11.8 Å². The third-order valence-electron chi connectivity index (χ3n) is 5.07. The molecule has 0 radical (unpaired) electrons. The molecule has 186 valence electrons. The van der Waals surface area contributed by atoms with Gasteiger partial charge in [-0.1, -0.05) is 13.3 Å². The minimum Gasteiger partial charge on any atom is -0.507 e. The fourth-order valence-electron chi connectivity index (χ4n) is 3.33. The second-order valence-corrected chi connectivity index (χ2v) is 8.23. The molecule has 1 N–H and O–H groups in total. The normalized spacial score (nSPS) is 10.9. The van der Waals surface area contributed by atoms with Gasteiger partial charge in [-0.15, -0.1) is 0 Å². The van der Waals surface area contributed by atoms with Crippen LogP contribution in [0.5, 0.6) is 17.2 Å². The summed E-state index contributed by atoms with van der Waals surface area (Å²) < 4.78 is 30.8. The summed E-state index contributed by atoms with van der Waals surface area (Å²) >= 11 is 0. The van der Waals surface area contributed by atoms with Crippen molar-refractivity contribution in [3.63, 3.8) is 0 Å². The number of carbonyl (C=O) groups excluding carboxylic acids is 2. The molecule has 0 aliphatic heterocycles. The highest BCUT2D eigenvalue weighted by molar-refractivity contribution is 5.97. The van der Waals surface area contributed by atoms with Crippen molar-refractivity contribution in [2.24, 2.45) is 0 Å². The van der Waals surface area contributed by atoms with E-state index in [1.54, 1.807) is 12.1 Å². The SMILES string of the molecule is CCCc1c(OCCCOc2ccc(C(=O)OCCCN(C)C)cc2F)ccc(C(C)=O)c1O. The Balaban J connectivity index is 1.83. The number of aromatic hydroxyl groups is 1. The molecule has 0 fully saturated rings. The zero-order valence-corrected chi connectivity index (χ0v) is 20.4. The fourth-order valence-corrected chi connectivity index (χ4v) is 3.33. The van der Waals surface area contributed by atoms with Crippen molar-refractivity contribution < 1.29 is 33.3 Å². The summed E-state index contributed by atoms with van der Waals surface area (Å²) in [6.07, 6.45) is 2.53. The van der Waals surface area contributed by atoms with Crippen LogP contribution in [-0.4, -0.2) is 62.2 Å². The van der Waals surface area contributed by atoms with Crippen LogP contribution in [0.1, 0.15) is 59.4 Å². The van der Waals surface area contributed by atoms with Crippen LogP contribution < -0.4 is 9.47 Å². The van der Waals surface area contributed by atoms with E-state index in [2.05, 4.69) is 0 Å². The number of ether oxygens (including phenoxy) is 3. The topological polar surface area (TPSA) is 85.3 Å². The lowest BCUT2D eigenvalue weighted by Gasteiger charge is -2.15. The van der Waals surface area contributed by atoms with Gasteiger partial charge in [0, 0.05) is 18.5 Å². The molecule has 8 heteroatoms. The van der Waals surface area contributed by atoms with Crippen LogP contribution in [0.3, 0.4) is 0 Å². The van der Waals surface area contributed by atoms with Crippen molar-refractivity contribution >= 4 is 11.8 Å². The molecular weight excluding hydrogens is 441 g/mol. The molecule has 0 saturated heterocycles. The zero-order chi connectivity index (χ0) is 25.1. The molecule has 0 amide bonds. The number of carbonyl (C=O) groups is 2. The van der Waals surface area contributed by atoms with Crippen molar-refractivity contribution in [3.05, 3.63) is 52.8 Å². The van der Waals surface area contributed by atoms with Gasteiger partial charge in [0.1, 0.15) is 11.5 Å². The van der Waals surface area contributed by atoms with Crippen molar-refractivity contribution in [1.82, 2.24) is 4.90 Å². The van der Waals surface area contributed by atoms with E-state index in [0.717, 1.165) is 19.0 Å². The summed E-state index contributed by atoms with van der Waals surface area (Å²) in [7, 11) is 3.87.